The lowest BCUT2D eigenvalue weighted by molar-refractivity contribution is -0.394. The van der Waals surface area contributed by atoms with Crippen LogP contribution in [0.15, 0.2) is 18.2 Å². The normalized spacial score (nSPS) is 18.3. The molecule has 0 aliphatic carbocycles. The number of benzene rings is 1. The molecule has 0 bridgehead atoms. The van der Waals surface area contributed by atoms with Crippen LogP contribution in [-0.2, 0) is 0 Å². The van der Waals surface area contributed by atoms with Gasteiger partial charge in [-0.25, -0.2) is 0 Å². The molecule has 1 atom stereocenters. The number of rotatable bonds is 3. The largest absolute Gasteiger partial charge is 0.336 e. The number of piperidine rings is 1. The van der Waals surface area contributed by atoms with E-state index in [1.54, 1.807) is 4.90 Å². The highest BCUT2D eigenvalue weighted by atomic mass is 16.6. The van der Waals surface area contributed by atoms with Crippen molar-refractivity contribution in [2.45, 2.75) is 32.2 Å². The van der Waals surface area contributed by atoms with Gasteiger partial charge in [-0.05, 0) is 26.2 Å². The third kappa shape index (κ3) is 3.15. The molecule has 8 heteroatoms. The first kappa shape index (κ1) is 14.9. The first-order chi connectivity index (χ1) is 9.90. The number of nitro benzene ring substituents is 2. The minimum atomic E-state index is -0.733. The van der Waals surface area contributed by atoms with Gasteiger partial charge < -0.3 is 4.90 Å². The summed E-state index contributed by atoms with van der Waals surface area (Å²) in [5.74, 6) is -0.394. The molecule has 0 radical (unpaired) electrons. The number of hydrogen-bond acceptors (Lipinski definition) is 5. The van der Waals surface area contributed by atoms with Crippen LogP contribution in [0, 0.1) is 20.2 Å². The second kappa shape index (κ2) is 5.86. The van der Waals surface area contributed by atoms with Gasteiger partial charge in [-0.15, -0.1) is 0 Å². The van der Waals surface area contributed by atoms with Crippen LogP contribution < -0.4 is 0 Å². The Bertz CT molecular complexity index is 569. The number of likely N-dealkylation sites (tertiary alicyclic amines) is 1. The van der Waals surface area contributed by atoms with Crippen LogP contribution in [0.2, 0.25) is 0 Å². The van der Waals surface area contributed by atoms with Gasteiger partial charge in [0, 0.05) is 24.7 Å². The minimum absolute atomic E-state index is 0.00958. The van der Waals surface area contributed by atoms with E-state index in [1.807, 2.05) is 6.92 Å². The maximum atomic E-state index is 12.4. The summed E-state index contributed by atoms with van der Waals surface area (Å²) in [5, 5.41) is 21.7. The smallest absolute Gasteiger partial charge is 0.277 e. The Kier molecular flexibility index (Phi) is 4.15. The molecule has 1 fully saturated rings. The highest BCUT2D eigenvalue weighted by Gasteiger charge is 2.27. The first-order valence-corrected chi connectivity index (χ1v) is 6.65. The number of carbonyl (C=O) groups excluding carboxylic acids is 1. The molecule has 1 heterocycles. The van der Waals surface area contributed by atoms with E-state index in [9.17, 15) is 25.0 Å². The van der Waals surface area contributed by atoms with Crippen LogP contribution >= 0.6 is 0 Å². The molecular formula is C13H15N3O5. The second-order valence-corrected chi connectivity index (χ2v) is 5.10. The van der Waals surface area contributed by atoms with E-state index in [4.69, 9.17) is 0 Å². The predicted octanol–water partition coefficient (Wildman–Crippen LogP) is 2.52. The maximum Gasteiger partial charge on any atom is 0.277 e. The Morgan fingerprint density at radius 3 is 2.19 bits per heavy atom. The highest BCUT2D eigenvalue weighted by Crippen LogP contribution is 2.25. The van der Waals surface area contributed by atoms with Crippen molar-refractivity contribution < 1.29 is 14.6 Å². The van der Waals surface area contributed by atoms with Gasteiger partial charge in [0.15, 0.2) is 0 Å². The van der Waals surface area contributed by atoms with Crippen LogP contribution in [0.1, 0.15) is 36.5 Å². The molecule has 1 aliphatic heterocycles. The molecule has 0 aromatic heterocycles. The van der Waals surface area contributed by atoms with Crippen LogP contribution in [0.25, 0.3) is 0 Å². The van der Waals surface area contributed by atoms with Crippen molar-refractivity contribution in [1.82, 2.24) is 4.90 Å². The Morgan fingerprint density at radius 1 is 1.14 bits per heavy atom. The summed E-state index contributed by atoms with van der Waals surface area (Å²) in [5.41, 5.74) is -0.904. The van der Waals surface area contributed by atoms with Crippen molar-refractivity contribution in [3.8, 4) is 0 Å². The molecule has 1 aromatic carbocycles. The van der Waals surface area contributed by atoms with Crippen LogP contribution in [0.5, 0.6) is 0 Å². The second-order valence-electron chi connectivity index (χ2n) is 5.10. The van der Waals surface area contributed by atoms with E-state index in [0.717, 1.165) is 37.5 Å². The summed E-state index contributed by atoms with van der Waals surface area (Å²) < 4.78 is 0. The lowest BCUT2D eigenvalue weighted by atomic mass is 10.0. The van der Waals surface area contributed by atoms with Crippen molar-refractivity contribution in [2.24, 2.45) is 0 Å². The van der Waals surface area contributed by atoms with Gasteiger partial charge in [0.1, 0.15) is 0 Å². The van der Waals surface area contributed by atoms with Crippen molar-refractivity contribution in [3.63, 3.8) is 0 Å². The number of carbonyl (C=O) groups is 1. The summed E-state index contributed by atoms with van der Waals surface area (Å²) in [4.78, 5) is 34.3. The number of hydrogen-bond donors (Lipinski definition) is 0. The first-order valence-electron chi connectivity index (χ1n) is 6.65. The van der Waals surface area contributed by atoms with E-state index in [2.05, 4.69) is 0 Å². The van der Waals surface area contributed by atoms with Gasteiger partial charge in [0.05, 0.1) is 21.5 Å². The van der Waals surface area contributed by atoms with Gasteiger partial charge in [0.2, 0.25) is 0 Å². The molecular weight excluding hydrogens is 278 g/mol. The van der Waals surface area contributed by atoms with Crippen LogP contribution in [0.4, 0.5) is 11.4 Å². The zero-order chi connectivity index (χ0) is 15.6. The number of nitrogens with zero attached hydrogens (tertiary/aromatic N) is 3. The van der Waals surface area contributed by atoms with Gasteiger partial charge in [-0.3, -0.25) is 25.0 Å². The SMILES string of the molecule is C[C@H]1CCCCN1C(=O)c1cc([N+](=O)[O-])cc([N+](=O)[O-])c1. The maximum absolute atomic E-state index is 12.4. The Balaban J connectivity index is 2.39. The summed E-state index contributed by atoms with van der Waals surface area (Å²) in [6, 6.07) is 3.08. The van der Waals surface area contributed by atoms with Crippen molar-refractivity contribution in [3.05, 3.63) is 44.0 Å². The van der Waals surface area contributed by atoms with Crippen molar-refractivity contribution >= 4 is 17.3 Å². The van der Waals surface area contributed by atoms with E-state index in [0.29, 0.717) is 6.54 Å². The molecule has 1 aromatic rings. The standard InChI is InChI=1S/C13H15N3O5/c1-9-4-2-3-5-14(9)13(17)10-6-11(15(18)19)8-12(7-10)16(20)21/h6-9H,2-5H2,1H3/t9-/m0/s1. The van der Waals surface area contributed by atoms with Crippen molar-refractivity contribution in [1.29, 1.82) is 0 Å². The van der Waals surface area contributed by atoms with E-state index in [1.165, 1.54) is 0 Å². The zero-order valence-corrected chi connectivity index (χ0v) is 11.5. The van der Waals surface area contributed by atoms with Gasteiger partial charge in [-0.1, -0.05) is 0 Å². The lowest BCUT2D eigenvalue weighted by Gasteiger charge is -2.33. The number of nitro groups is 2. The molecule has 112 valence electrons. The molecule has 0 N–H and O–H groups in total. The average Bonchev–Trinajstić information content (AvgIpc) is 2.46. The van der Waals surface area contributed by atoms with Gasteiger partial charge in [0.25, 0.3) is 17.3 Å². The molecule has 0 unspecified atom stereocenters. The molecule has 1 saturated heterocycles. The lowest BCUT2D eigenvalue weighted by Crippen LogP contribution is -2.42. The van der Waals surface area contributed by atoms with Gasteiger partial charge in [-0.2, -0.15) is 0 Å². The zero-order valence-electron chi connectivity index (χ0n) is 11.5. The van der Waals surface area contributed by atoms with Crippen LogP contribution in [0.3, 0.4) is 0 Å². The summed E-state index contributed by atoms with van der Waals surface area (Å²) >= 11 is 0. The molecule has 1 amide bonds. The Morgan fingerprint density at radius 2 is 1.71 bits per heavy atom. The Labute approximate surface area is 120 Å². The van der Waals surface area contributed by atoms with E-state index in [-0.39, 0.29) is 11.6 Å². The average molecular weight is 293 g/mol. The fourth-order valence-corrected chi connectivity index (χ4v) is 2.50. The van der Waals surface area contributed by atoms with E-state index >= 15 is 0 Å². The molecule has 0 saturated carbocycles. The summed E-state index contributed by atoms with van der Waals surface area (Å²) in [6.45, 7) is 2.47. The number of non-ortho nitro benzene ring substituents is 2. The van der Waals surface area contributed by atoms with Crippen molar-refractivity contribution in [2.75, 3.05) is 6.54 Å². The fourth-order valence-electron chi connectivity index (χ4n) is 2.50. The topological polar surface area (TPSA) is 107 Å². The summed E-state index contributed by atoms with van der Waals surface area (Å²) in [6.07, 6.45) is 2.76. The molecule has 1 aliphatic rings. The van der Waals surface area contributed by atoms with E-state index < -0.39 is 27.1 Å². The fraction of sp³-hybridized carbons (Fsp3) is 0.462. The molecule has 8 nitrogen and oxygen atoms in total. The summed E-state index contributed by atoms with van der Waals surface area (Å²) in [7, 11) is 0. The predicted molar refractivity (Wildman–Crippen MR) is 74.1 cm³/mol. The third-order valence-corrected chi connectivity index (χ3v) is 3.63. The minimum Gasteiger partial charge on any atom is -0.336 e. The molecule has 2 rings (SSSR count). The van der Waals surface area contributed by atoms with Crippen LogP contribution in [-0.4, -0.2) is 33.2 Å². The highest BCUT2D eigenvalue weighted by molar-refractivity contribution is 5.95. The third-order valence-electron chi connectivity index (χ3n) is 3.63. The monoisotopic (exact) mass is 293 g/mol. The number of amides is 1. The molecule has 0 spiro atoms. The Hall–Kier alpha value is -2.51. The quantitative estimate of drug-likeness (QED) is 0.628. The molecule has 21 heavy (non-hydrogen) atoms. The van der Waals surface area contributed by atoms with Gasteiger partial charge >= 0.3 is 0 Å².